The van der Waals surface area contributed by atoms with Crippen molar-refractivity contribution in [3.05, 3.63) is 59.1 Å². The first-order valence-electron chi connectivity index (χ1n) is 7.71. The van der Waals surface area contributed by atoms with Gasteiger partial charge in [0, 0.05) is 22.7 Å². The molecule has 1 atom stereocenters. The summed E-state index contributed by atoms with van der Waals surface area (Å²) >= 11 is 5.78. The van der Waals surface area contributed by atoms with E-state index in [4.69, 9.17) is 16.3 Å². The standard InChI is InChI=1S/C17H15ClN2O5S/c18-12-3-1-11(2-4-12)16(21)19-13-5-7-14(8-6-13)26(23,24)20-15-9-10-25-17(15)22/h1-8,15,20H,9-10H2,(H,19,21)/t15-/m0/s1. The lowest BCUT2D eigenvalue weighted by Gasteiger charge is -2.11. The minimum Gasteiger partial charge on any atom is -0.464 e. The number of benzene rings is 2. The Kier molecular flexibility index (Phi) is 5.26. The van der Waals surface area contributed by atoms with Gasteiger partial charge in [0.1, 0.15) is 6.04 Å². The van der Waals surface area contributed by atoms with Crippen LogP contribution in [0.2, 0.25) is 5.02 Å². The monoisotopic (exact) mass is 394 g/mol. The summed E-state index contributed by atoms with van der Waals surface area (Å²) in [5.41, 5.74) is 0.858. The number of amides is 1. The molecule has 1 saturated heterocycles. The fraction of sp³-hybridized carbons (Fsp3) is 0.176. The van der Waals surface area contributed by atoms with Gasteiger partial charge in [-0.3, -0.25) is 9.59 Å². The lowest BCUT2D eigenvalue weighted by atomic mass is 10.2. The molecule has 3 rings (SSSR count). The van der Waals surface area contributed by atoms with Crippen LogP contribution in [-0.4, -0.2) is 32.9 Å². The fourth-order valence-corrected chi connectivity index (χ4v) is 3.73. The van der Waals surface area contributed by atoms with Crippen molar-refractivity contribution in [1.82, 2.24) is 4.72 Å². The summed E-state index contributed by atoms with van der Waals surface area (Å²) in [6, 6.07) is 11.1. The maximum atomic E-state index is 12.3. The highest BCUT2D eigenvalue weighted by atomic mass is 35.5. The number of carbonyl (C=O) groups is 2. The Morgan fingerprint density at radius 1 is 1.08 bits per heavy atom. The molecule has 0 bridgehead atoms. The molecular formula is C17H15ClN2O5S. The lowest BCUT2D eigenvalue weighted by molar-refractivity contribution is -0.139. The highest BCUT2D eigenvalue weighted by Crippen LogP contribution is 2.17. The van der Waals surface area contributed by atoms with Crippen LogP contribution in [-0.2, 0) is 19.6 Å². The molecule has 0 unspecified atom stereocenters. The highest BCUT2D eigenvalue weighted by Gasteiger charge is 2.31. The maximum Gasteiger partial charge on any atom is 0.324 e. The van der Waals surface area contributed by atoms with E-state index in [0.717, 1.165) is 0 Å². The Morgan fingerprint density at radius 3 is 2.31 bits per heavy atom. The average Bonchev–Trinajstić information content (AvgIpc) is 3.00. The Balaban J connectivity index is 1.68. The molecule has 1 heterocycles. The van der Waals surface area contributed by atoms with Gasteiger partial charge >= 0.3 is 5.97 Å². The minimum absolute atomic E-state index is 0.0123. The smallest absolute Gasteiger partial charge is 0.324 e. The molecule has 9 heteroatoms. The van der Waals surface area contributed by atoms with Crippen LogP contribution >= 0.6 is 11.6 Å². The third-order valence-corrected chi connectivity index (χ3v) is 5.50. The molecule has 2 N–H and O–H groups in total. The van der Waals surface area contributed by atoms with E-state index in [1.54, 1.807) is 24.3 Å². The van der Waals surface area contributed by atoms with Crippen molar-refractivity contribution < 1.29 is 22.7 Å². The van der Waals surface area contributed by atoms with Gasteiger partial charge in [0.05, 0.1) is 11.5 Å². The molecule has 2 aromatic rings. The van der Waals surface area contributed by atoms with Crippen LogP contribution < -0.4 is 10.0 Å². The van der Waals surface area contributed by atoms with E-state index in [2.05, 4.69) is 10.0 Å². The van der Waals surface area contributed by atoms with E-state index in [-0.39, 0.29) is 17.4 Å². The summed E-state index contributed by atoms with van der Waals surface area (Å²) in [7, 11) is -3.86. The zero-order valence-electron chi connectivity index (χ0n) is 13.4. The van der Waals surface area contributed by atoms with Crippen LogP contribution in [0.25, 0.3) is 0 Å². The molecule has 1 fully saturated rings. The Hall–Kier alpha value is -2.42. The number of anilines is 1. The van der Waals surface area contributed by atoms with E-state index >= 15 is 0 Å². The molecular weight excluding hydrogens is 380 g/mol. The van der Waals surface area contributed by atoms with Crippen molar-refractivity contribution in [3.8, 4) is 0 Å². The van der Waals surface area contributed by atoms with Crippen molar-refractivity contribution >= 4 is 39.2 Å². The Morgan fingerprint density at radius 2 is 1.73 bits per heavy atom. The van der Waals surface area contributed by atoms with Crippen LogP contribution in [0.1, 0.15) is 16.8 Å². The van der Waals surface area contributed by atoms with Gasteiger partial charge in [0.25, 0.3) is 5.91 Å². The number of sulfonamides is 1. The first-order chi connectivity index (χ1) is 12.3. The topological polar surface area (TPSA) is 102 Å². The zero-order chi connectivity index (χ0) is 18.7. The van der Waals surface area contributed by atoms with Crippen LogP contribution in [0.5, 0.6) is 0 Å². The van der Waals surface area contributed by atoms with Crippen molar-refractivity contribution in [2.24, 2.45) is 0 Å². The number of hydrogen-bond acceptors (Lipinski definition) is 5. The van der Waals surface area contributed by atoms with Gasteiger partial charge in [-0.1, -0.05) is 11.6 Å². The van der Waals surface area contributed by atoms with Gasteiger partial charge in [0.15, 0.2) is 0 Å². The summed E-state index contributed by atoms with van der Waals surface area (Å²) < 4.78 is 31.7. The van der Waals surface area contributed by atoms with Crippen LogP contribution in [0.15, 0.2) is 53.4 Å². The fourth-order valence-electron chi connectivity index (χ4n) is 2.38. The lowest BCUT2D eigenvalue weighted by Crippen LogP contribution is -2.37. The quantitative estimate of drug-likeness (QED) is 0.757. The van der Waals surface area contributed by atoms with Gasteiger partial charge in [-0.05, 0) is 48.5 Å². The molecule has 136 valence electrons. The number of ether oxygens (including phenoxy) is 1. The predicted octanol–water partition coefficient (Wildman–Crippen LogP) is 2.19. The number of nitrogens with one attached hydrogen (secondary N) is 2. The van der Waals surface area contributed by atoms with Crippen molar-refractivity contribution in [3.63, 3.8) is 0 Å². The zero-order valence-corrected chi connectivity index (χ0v) is 15.0. The van der Waals surface area contributed by atoms with Crippen LogP contribution in [0.4, 0.5) is 5.69 Å². The minimum atomic E-state index is -3.86. The number of carbonyl (C=O) groups excluding carboxylic acids is 2. The summed E-state index contributed by atoms with van der Waals surface area (Å²) in [5.74, 6) is -0.926. The van der Waals surface area contributed by atoms with Crippen LogP contribution in [0.3, 0.4) is 0 Å². The molecule has 1 aliphatic rings. The summed E-state index contributed by atoms with van der Waals surface area (Å²) in [6.45, 7) is 0.196. The second-order valence-corrected chi connectivity index (χ2v) is 7.77. The third-order valence-electron chi connectivity index (χ3n) is 3.76. The maximum absolute atomic E-state index is 12.3. The molecule has 1 aliphatic heterocycles. The van der Waals surface area contributed by atoms with Gasteiger partial charge < -0.3 is 10.1 Å². The van der Waals surface area contributed by atoms with E-state index < -0.39 is 22.0 Å². The molecule has 0 radical (unpaired) electrons. The number of rotatable bonds is 5. The number of cyclic esters (lactones) is 1. The summed E-state index contributed by atoms with van der Waals surface area (Å²) in [4.78, 5) is 23.5. The average molecular weight is 395 g/mol. The Labute approximate surface area is 155 Å². The second kappa shape index (κ2) is 7.45. The molecule has 26 heavy (non-hydrogen) atoms. The summed E-state index contributed by atoms with van der Waals surface area (Å²) in [6.07, 6.45) is 0.299. The molecule has 1 amide bonds. The largest absolute Gasteiger partial charge is 0.464 e. The van der Waals surface area contributed by atoms with E-state index in [0.29, 0.717) is 22.7 Å². The number of hydrogen-bond donors (Lipinski definition) is 2. The molecule has 0 aromatic heterocycles. The predicted molar refractivity (Wildman–Crippen MR) is 95.5 cm³/mol. The van der Waals surface area contributed by atoms with E-state index in [1.807, 2.05) is 0 Å². The van der Waals surface area contributed by atoms with Gasteiger partial charge in [-0.15, -0.1) is 0 Å². The van der Waals surface area contributed by atoms with E-state index in [9.17, 15) is 18.0 Å². The van der Waals surface area contributed by atoms with Crippen molar-refractivity contribution in [2.75, 3.05) is 11.9 Å². The number of halogens is 1. The van der Waals surface area contributed by atoms with Crippen LogP contribution in [0, 0.1) is 0 Å². The molecule has 0 saturated carbocycles. The number of esters is 1. The van der Waals surface area contributed by atoms with Gasteiger partial charge in [-0.2, -0.15) is 4.72 Å². The van der Waals surface area contributed by atoms with Gasteiger partial charge in [-0.25, -0.2) is 8.42 Å². The molecule has 7 nitrogen and oxygen atoms in total. The van der Waals surface area contributed by atoms with Crippen molar-refractivity contribution in [2.45, 2.75) is 17.4 Å². The van der Waals surface area contributed by atoms with Crippen molar-refractivity contribution in [1.29, 1.82) is 0 Å². The molecule has 0 aliphatic carbocycles. The molecule has 2 aromatic carbocycles. The normalized spacial score (nSPS) is 17.0. The third kappa shape index (κ3) is 4.21. The second-order valence-electron chi connectivity index (χ2n) is 5.62. The summed E-state index contributed by atoms with van der Waals surface area (Å²) in [5, 5.41) is 3.19. The Bertz CT molecular complexity index is 927. The highest BCUT2D eigenvalue weighted by molar-refractivity contribution is 7.89. The van der Waals surface area contributed by atoms with E-state index in [1.165, 1.54) is 24.3 Å². The first-order valence-corrected chi connectivity index (χ1v) is 9.57. The molecule has 0 spiro atoms. The first kappa shape index (κ1) is 18.4. The SMILES string of the molecule is O=C(Nc1ccc(S(=O)(=O)N[C@H]2CCOC2=O)cc1)c1ccc(Cl)cc1. The van der Waals surface area contributed by atoms with Gasteiger partial charge in [0.2, 0.25) is 10.0 Å².